The van der Waals surface area contributed by atoms with Crippen molar-refractivity contribution in [1.29, 1.82) is 0 Å². The zero-order valence-corrected chi connectivity index (χ0v) is 19.8. The Labute approximate surface area is 190 Å². The normalized spacial score (nSPS) is 56.5. The second-order valence-electron chi connectivity index (χ2n) is 13.1. The van der Waals surface area contributed by atoms with Crippen LogP contribution < -0.4 is 0 Å². The van der Waals surface area contributed by atoms with Crippen molar-refractivity contribution in [3.8, 4) is 0 Å². The molecule has 0 aromatic carbocycles. The predicted octanol–water partition coefficient (Wildman–Crippen LogP) is 7.01. The van der Waals surface area contributed by atoms with Crippen molar-refractivity contribution in [3.05, 3.63) is 0 Å². The topological polar surface area (TPSA) is 25.1 Å². The van der Waals surface area contributed by atoms with E-state index in [1.165, 1.54) is 38.5 Å². The van der Waals surface area contributed by atoms with Gasteiger partial charge in [0.15, 0.2) is 0 Å². The molecule has 0 amide bonds. The average molecular weight is 427 g/mol. The van der Waals surface area contributed by atoms with Gasteiger partial charge in [0.25, 0.3) is 0 Å². The Morgan fingerprint density at radius 1 is 0.452 bits per heavy atom. The van der Waals surface area contributed by atoms with Crippen molar-refractivity contribution in [2.24, 2.45) is 52.8 Å². The third-order valence-electron chi connectivity index (χ3n) is 12.2. The smallest absolute Gasteiger partial charge is 0.0838 e. The Balaban J connectivity index is 1.22. The summed E-state index contributed by atoms with van der Waals surface area (Å²) in [4.78, 5) is 0. The van der Waals surface area contributed by atoms with E-state index in [0.717, 1.165) is 66.0 Å². The molecule has 2 aliphatic heterocycles. The van der Waals surface area contributed by atoms with Gasteiger partial charge in [-0.1, -0.05) is 25.7 Å². The van der Waals surface area contributed by atoms with Gasteiger partial charge in [-0.05, 0) is 130 Å². The highest BCUT2D eigenvalue weighted by atomic mass is 16.6. The Kier molecular flexibility index (Phi) is 5.24. The summed E-state index contributed by atoms with van der Waals surface area (Å²) in [5.74, 6) is 8.28. The molecule has 174 valence electrons. The quantitative estimate of drug-likeness (QED) is 0.452. The molecule has 2 heteroatoms. The molecule has 0 aromatic heterocycles. The lowest BCUT2D eigenvalue weighted by molar-refractivity contribution is -0.0834. The standard InChI is InChI=1S/C29H46O2/c1-3-7-25-23(5-1)24-6-2-4-8-26(24)29(25,21-13-9-19(10-14-21)27-17-30-27)22-15-11-20(12-16-22)28-18-31-28/h19-28H,1-18H2. The molecule has 7 rings (SSSR count). The predicted molar refractivity (Wildman–Crippen MR) is 124 cm³/mol. The third kappa shape index (κ3) is 3.31. The van der Waals surface area contributed by atoms with Gasteiger partial charge in [-0.15, -0.1) is 0 Å². The molecule has 0 bridgehead atoms. The Bertz CT molecular complexity index is 579. The van der Waals surface area contributed by atoms with E-state index < -0.39 is 0 Å². The van der Waals surface area contributed by atoms with Crippen LogP contribution in [0.1, 0.15) is 103 Å². The van der Waals surface area contributed by atoms with Gasteiger partial charge in [0.2, 0.25) is 0 Å². The second kappa shape index (κ2) is 8.00. The van der Waals surface area contributed by atoms with Crippen molar-refractivity contribution < 1.29 is 9.47 Å². The largest absolute Gasteiger partial charge is 0.373 e. The molecular weight excluding hydrogens is 380 g/mol. The van der Waals surface area contributed by atoms with Gasteiger partial charge in [-0.2, -0.15) is 0 Å². The highest BCUT2D eigenvalue weighted by Crippen LogP contribution is 2.72. The summed E-state index contributed by atoms with van der Waals surface area (Å²) in [6, 6.07) is 0. The Morgan fingerprint density at radius 2 is 0.839 bits per heavy atom. The van der Waals surface area contributed by atoms with E-state index >= 15 is 0 Å². The maximum atomic E-state index is 5.75. The van der Waals surface area contributed by atoms with Gasteiger partial charge in [0.1, 0.15) is 0 Å². The minimum absolute atomic E-state index is 0.652. The fourth-order valence-electron chi connectivity index (χ4n) is 11.0. The summed E-state index contributed by atoms with van der Waals surface area (Å²) in [7, 11) is 0. The maximum Gasteiger partial charge on any atom is 0.0838 e. The van der Waals surface area contributed by atoms with Gasteiger partial charge < -0.3 is 9.47 Å². The van der Waals surface area contributed by atoms with Gasteiger partial charge in [-0.3, -0.25) is 0 Å². The zero-order valence-electron chi connectivity index (χ0n) is 19.8. The molecule has 2 saturated heterocycles. The average Bonchev–Trinajstić information content (AvgIpc) is 3.76. The highest BCUT2D eigenvalue weighted by Gasteiger charge is 2.65. The van der Waals surface area contributed by atoms with Crippen LogP contribution in [0.3, 0.4) is 0 Å². The second-order valence-corrected chi connectivity index (χ2v) is 13.1. The van der Waals surface area contributed by atoms with E-state index in [-0.39, 0.29) is 0 Å². The fraction of sp³-hybridized carbons (Fsp3) is 1.00. The first-order chi connectivity index (χ1) is 15.4. The van der Waals surface area contributed by atoms with Crippen molar-refractivity contribution >= 4 is 0 Å². The number of hydrogen-bond donors (Lipinski definition) is 0. The monoisotopic (exact) mass is 426 g/mol. The number of epoxide rings is 2. The molecule has 7 aliphatic rings. The first kappa shape index (κ1) is 20.3. The third-order valence-corrected chi connectivity index (χ3v) is 12.2. The molecule has 0 N–H and O–H groups in total. The molecule has 5 aliphatic carbocycles. The van der Waals surface area contributed by atoms with E-state index in [0.29, 0.717) is 12.2 Å². The van der Waals surface area contributed by atoms with Crippen molar-refractivity contribution in [1.82, 2.24) is 0 Å². The molecule has 5 saturated carbocycles. The van der Waals surface area contributed by atoms with E-state index in [2.05, 4.69) is 0 Å². The molecule has 0 spiro atoms. The first-order valence-corrected chi connectivity index (χ1v) is 14.6. The van der Waals surface area contributed by atoms with Crippen molar-refractivity contribution in [3.63, 3.8) is 0 Å². The maximum absolute atomic E-state index is 5.75. The SMILES string of the molecule is C1CCC2C(C1)C1CCCCC1C2(C1CCC(C2CO2)CC1)C1CCC(C2CO2)CC1. The van der Waals surface area contributed by atoms with E-state index in [1.54, 1.807) is 64.2 Å². The van der Waals surface area contributed by atoms with Crippen LogP contribution in [0, 0.1) is 52.8 Å². The van der Waals surface area contributed by atoms with Crippen molar-refractivity contribution in [2.45, 2.75) is 115 Å². The first-order valence-electron chi connectivity index (χ1n) is 14.6. The molecule has 2 nitrogen and oxygen atoms in total. The van der Waals surface area contributed by atoms with Crippen LogP contribution in [0.15, 0.2) is 0 Å². The summed E-state index contributed by atoms with van der Waals surface area (Å²) in [6.45, 7) is 2.15. The lowest BCUT2D eigenvalue weighted by atomic mass is 9.48. The number of fused-ring (bicyclic) bond motifs is 3. The van der Waals surface area contributed by atoms with Crippen LogP contribution in [-0.4, -0.2) is 25.4 Å². The van der Waals surface area contributed by atoms with E-state index in [9.17, 15) is 0 Å². The molecule has 6 unspecified atom stereocenters. The number of ether oxygens (including phenoxy) is 2. The summed E-state index contributed by atoms with van der Waals surface area (Å²) in [5.41, 5.74) is 0.723. The molecular formula is C29H46O2. The molecule has 2 heterocycles. The van der Waals surface area contributed by atoms with Crippen LogP contribution in [-0.2, 0) is 9.47 Å². The number of rotatable bonds is 4. The minimum atomic E-state index is 0.652. The zero-order chi connectivity index (χ0) is 20.4. The van der Waals surface area contributed by atoms with Crippen LogP contribution >= 0.6 is 0 Å². The summed E-state index contributed by atoms with van der Waals surface area (Å²) in [5, 5.41) is 0. The Morgan fingerprint density at radius 3 is 1.23 bits per heavy atom. The highest BCUT2D eigenvalue weighted by molar-refractivity contribution is 5.13. The fourth-order valence-corrected chi connectivity index (χ4v) is 11.0. The Hall–Kier alpha value is -0.0800. The molecule has 0 radical (unpaired) electrons. The van der Waals surface area contributed by atoms with Crippen molar-refractivity contribution in [2.75, 3.05) is 13.2 Å². The van der Waals surface area contributed by atoms with Gasteiger partial charge in [0, 0.05) is 0 Å². The minimum Gasteiger partial charge on any atom is -0.373 e. The lowest BCUT2D eigenvalue weighted by Gasteiger charge is -2.57. The molecule has 7 fully saturated rings. The molecule has 6 atom stereocenters. The van der Waals surface area contributed by atoms with Crippen LogP contribution in [0.2, 0.25) is 0 Å². The van der Waals surface area contributed by atoms with Gasteiger partial charge in [0.05, 0.1) is 25.4 Å². The summed E-state index contributed by atoms with van der Waals surface area (Å²) >= 11 is 0. The summed E-state index contributed by atoms with van der Waals surface area (Å²) in [6.07, 6.45) is 25.9. The molecule has 0 aromatic rings. The van der Waals surface area contributed by atoms with Gasteiger partial charge in [-0.25, -0.2) is 0 Å². The van der Waals surface area contributed by atoms with Crippen LogP contribution in [0.5, 0.6) is 0 Å². The number of hydrogen-bond acceptors (Lipinski definition) is 2. The van der Waals surface area contributed by atoms with E-state index in [1.807, 2.05) is 0 Å². The van der Waals surface area contributed by atoms with Gasteiger partial charge >= 0.3 is 0 Å². The summed E-state index contributed by atoms with van der Waals surface area (Å²) < 4.78 is 11.5. The molecule has 31 heavy (non-hydrogen) atoms. The van der Waals surface area contributed by atoms with Crippen LogP contribution in [0.4, 0.5) is 0 Å². The van der Waals surface area contributed by atoms with Crippen LogP contribution in [0.25, 0.3) is 0 Å². The lowest BCUT2D eigenvalue weighted by Crippen LogP contribution is -2.50. The van der Waals surface area contributed by atoms with E-state index in [4.69, 9.17) is 9.47 Å².